The van der Waals surface area contributed by atoms with E-state index in [9.17, 15) is 0 Å². The number of benzene rings is 1. The highest BCUT2D eigenvalue weighted by Crippen LogP contribution is 2.25. The van der Waals surface area contributed by atoms with Crippen LogP contribution < -0.4 is 11.5 Å². The minimum atomic E-state index is 0.145. The Bertz CT molecular complexity index is 474. The van der Waals surface area contributed by atoms with Gasteiger partial charge in [0, 0.05) is 5.69 Å². The Hall–Kier alpha value is -2.51. The molecule has 0 aliphatic heterocycles. The minimum absolute atomic E-state index is 0.145. The first-order valence-corrected chi connectivity index (χ1v) is 4.06. The number of aromatic nitrogens is 4. The van der Waals surface area contributed by atoms with Crippen LogP contribution in [0.3, 0.4) is 0 Å². The Labute approximate surface area is 84.4 Å². The Morgan fingerprint density at radius 1 is 1.20 bits per heavy atom. The summed E-state index contributed by atoms with van der Waals surface area (Å²) in [4.78, 5) is 0. The third-order valence-corrected chi connectivity index (χ3v) is 1.63. The van der Waals surface area contributed by atoms with Crippen LogP contribution in [0.1, 0.15) is 0 Å². The number of azo groups is 1. The standard InChI is InChI=1S/C7H8N8/c8-4-1-2-6(5(9)3-4)10-11-7-12-14-15-13-7/h1-3H,8-9H2,(H,12,13,14,15). The van der Waals surface area contributed by atoms with Crippen LogP contribution in [-0.2, 0) is 0 Å². The molecule has 76 valence electrons. The highest BCUT2D eigenvalue weighted by atomic mass is 15.5. The molecule has 0 amide bonds. The molecule has 1 aromatic carbocycles. The second-order valence-electron chi connectivity index (χ2n) is 2.73. The van der Waals surface area contributed by atoms with Gasteiger partial charge in [-0.2, -0.15) is 5.21 Å². The van der Waals surface area contributed by atoms with Gasteiger partial charge in [-0.15, -0.1) is 15.3 Å². The van der Waals surface area contributed by atoms with Crippen molar-refractivity contribution in [3.63, 3.8) is 0 Å². The second kappa shape index (κ2) is 3.70. The molecule has 0 radical (unpaired) electrons. The van der Waals surface area contributed by atoms with E-state index in [1.165, 1.54) is 0 Å². The molecule has 0 saturated heterocycles. The van der Waals surface area contributed by atoms with E-state index >= 15 is 0 Å². The van der Waals surface area contributed by atoms with Crippen LogP contribution >= 0.6 is 0 Å². The Morgan fingerprint density at radius 3 is 2.73 bits per heavy atom. The number of nitrogens with one attached hydrogen (secondary N) is 1. The van der Waals surface area contributed by atoms with Crippen molar-refractivity contribution in [2.24, 2.45) is 10.2 Å². The topological polar surface area (TPSA) is 131 Å². The highest BCUT2D eigenvalue weighted by molar-refractivity contribution is 5.67. The van der Waals surface area contributed by atoms with Gasteiger partial charge in [0.1, 0.15) is 5.69 Å². The van der Waals surface area contributed by atoms with Gasteiger partial charge in [0.2, 0.25) is 0 Å². The number of H-pyrrole nitrogens is 1. The molecule has 5 N–H and O–H groups in total. The van der Waals surface area contributed by atoms with Crippen molar-refractivity contribution in [3.05, 3.63) is 18.2 Å². The van der Waals surface area contributed by atoms with Crippen LogP contribution in [0, 0.1) is 0 Å². The van der Waals surface area contributed by atoms with Crippen LogP contribution in [0.2, 0.25) is 0 Å². The molecular formula is C7H8N8. The number of rotatable bonds is 2. The van der Waals surface area contributed by atoms with Crippen molar-refractivity contribution < 1.29 is 0 Å². The smallest absolute Gasteiger partial charge is 0.307 e. The van der Waals surface area contributed by atoms with Crippen molar-refractivity contribution in [3.8, 4) is 0 Å². The van der Waals surface area contributed by atoms with E-state index in [1.54, 1.807) is 18.2 Å². The van der Waals surface area contributed by atoms with Crippen LogP contribution in [0.25, 0.3) is 0 Å². The van der Waals surface area contributed by atoms with Gasteiger partial charge < -0.3 is 11.5 Å². The monoisotopic (exact) mass is 204 g/mol. The van der Waals surface area contributed by atoms with Crippen molar-refractivity contribution in [1.82, 2.24) is 20.6 Å². The van der Waals surface area contributed by atoms with Crippen LogP contribution in [0.5, 0.6) is 0 Å². The summed E-state index contributed by atoms with van der Waals surface area (Å²) in [6, 6.07) is 4.94. The maximum atomic E-state index is 5.66. The fourth-order valence-corrected chi connectivity index (χ4v) is 0.962. The van der Waals surface area contributed by atoms with Gasteiger partial charge in [-0.05, 0) is 23.4 Å². The molecule has 0 unspecified atom stereocenters. The molecule has 0 bridgehead atoms. The van der Waals surface area contributed by atoms with E-state index in [0.29, 0.717) is 17.1 Å². The van der Waals surface area contributed by atoms with Crippen molar-refractivity contribution in [1.29, 1.82) is 0 Å². The fraction of sp³-hybridized carbons (Fsp3) is 0. The maximum Gasteiger partial charge on any atom is 0.307 e. The zero-order valence-electron chi connectivity index (χ0n) is 7.62. The number of nitrogens with two attached hydrogens (primary N) is 2. The lowest BCUT2D eigenvalue weighted by molar-refractivity contribution is 0.881. The molecule has 1 aromatic heterocycles. The molecule has 2 aromatic rings. The average molecular weight is 204 g/mol. The third kappa shape index (κ3) is 2.05. The summed E-state index contributed by atoms with van der Waals surface area (Å²) in [5.74, 6) is 0.145. The number of hydrogen-bond acceptors (Lipinski definition) is 7. The summed E-state index contributed by atoms with van der Waals surface area (Å²) in [6.07, 6.45) is 0. The predicted molar refractivity (Wildman–Crippen MR) is 53.6 cm³/mol. The van der Waals surface area contributed by atoms with Gasteiger partial charge in [-0.3, -0.25) is 0 Å². The molecule has 15 heavy (non-hydrogen) atoms. The van der Waals surface area contributed by atoms with E-state index in [2.05, 4.69) is 30.9 Å². The van der Waals surface area contributed by atoms with Crippen LogP contribution in [-0.4, -0.2) is 20.6 Å². The highest BCUT2D eigenvalue weighted by Gasteiger charge is 1.98. The molecule has 1 heterocycles. The molecule has 2 rings (SSSR count). The van der Waals surface area contributed by atoms with E-state index in [0.717, 1.165) is 0 Å². The molecule has 0 aliphatic carbocycles. The summed E-state index contributed by atoms with van der Waals surface area (Å²) >= 11 is 0. The lowest BCUT2D eigenvalue weighted by Crippen LogP contribution is -1.89. The SMILES string of the molecule is Nc1ccc(N=Nc2nn[nH]n2)c(N)c1. The number of nitrogen functional groups attached to an aromatic ring is 2. The predicted octanol–water partition coefficient (Wildman–Crippen LogP) is 0.780. The van der Waals surface area contributed by atoms with Gasteiger partial charge in [-0.1, -0.05) is 5.10 Å². The van der Waals surface area contributed by atoms with E-state index in [4.69, 9.17) is 11.5 Å². The summed E-state index contributed by atoms with van der Waals surface area (Å²) in [5, 5.41) is 20.4. The molecule has 0 saturated carbocycles. The number of nitrogens with zero attached hydrogens (tertiary/aromatic N) is 5. The van der Waals surface area contributed by atoms with Gasteiger partial charge in [0.25, 0.3) is 0 Å². The van der Waals surface area contributed by atoms with Crippen molar-refractivity contribution in [2.45, 2.75) is 0 Å². The summed E-state index contributed by atoms with van der Waals surface area (Å²) < 4.78 is 0. The summed E-state index contributed by atoms with van der Waals surface area (Å²) in [6.45, 7) is 0. The molecule has 8 nitrogen and oxygen atoms in total. The van der Waals surface area contributed by atoms with Gasteiger partial charge in [0.15, 0.2) is 0 Å². The zero-order chi connectivity index (χ0) is 10.7. The lowest BCUT2D eigenvalue weighted by atomic mass is 10.2. The van der Waals surface area contributed by atoms with Crippen molar-refractivity contribution >= 4 is 23.0 Å². The lowest BCUT2D eigenvalue weighted by Gasteiger charge is -1.98. The Kier molecular flexibility index (Phi) is 2.23. The number of anilines is 2. The Morgan fingerprint density at radius 2 is 2.07 bits per heavy atom. The number of tetrazole rings is 1. The Balaban J connectivity index is 2.24. The quantitative estimate of drug-likeness (QED) is 0.491. The molecule has 0 aliphatic rings. The molecule has 0 spiro atoms. The number of aromatic amines is 1. The molecule has 0 atom stereocenters. The number of hydrogen-bond donors (Lipinski definition) is 3. The van der Waals surface area contributed by atoms with Crippen LogP contribution in [0.15, 0.2) is 28.4 Å². The first-order chi connectivity index (χ1) is 7.25. The first kappa shape index (κ1) is 9.06. The fourth-order valence-electron chi connectivity index (χ4n) is 0.962. The largest absolute Gasteiger partial charge is 0.399 e. The molecule has 0 fully saturated rings. The van der Waals surface area contributed by atoms with Crippen molar-refractivity contribution in [2.75, 3.05) is 11.5 Å². The molecular weight excluding hydrogens is 196 g/mol. The first-order valence-electron chi connectivity index (χ1n) is 4.06. The van der Waals surface area contributed by atoms with Crippen LogP contribution in [0.4, 0.5) is 23.0 Å². The molecule has 8 heteroatoms. The summed E-state index contributed by atoms with van der Waals surface area (Å²) in [7, 11) is 0. The maximum absolute atomic E-state index is 5.66. The van der Waals surface area contributed by atoms with E-state index < -0.39 is 0 Å². The van der Waals surface area contributed by atoms with Gasteiger partial charge >= 0.3 is 5.95 Å². The van der Waals surface area contributed by atoms with Gasteiger partial charge in [-0.25, -0.2) is 0 Å². The third-order valence-electron chi connectivity index (χ3n) is 1.63. The average Bonchev–Trinajstić information content (AvgIpc) is 2.69. The normalized spacial score (nSPS) is 10.9. The van der Waals surface area contributed by atoms with E-state index in [-0.39, 0.29) is 5.95 Å². The summed E-state index contributed by atoms with van der Waals surface area (Å²) in [5.41, 5.74) is 12.7. The van der Waals surface area contributed by atoms with E-state index in [1.807, 2.05) is 0 Å². The second-order valence-corrected chi connectivity index (χ2v) is 2.73. The zero-order valence-corrected chi connectivity index (χ0v) is 7.62. The minimum Gasteiger partial charge on any atom is -0.399 e. The van der Waals surface area contributed by atoms with Gasteiger partial charge in [0.05, 0.1) is 5.69 Å².